The van der Waals surface area contributed by atoms with Crippen LogP contribution in [-0.2, 0) is 19.0 Å². The second-order valence-electron chi connectivity index (χ2n) is 4.73. The van der Waals surface area contributed by atoms with E-state index in [1.165, 1.54) is 19.3 Å². The fraction of sp³-hybridized carbons (Fsp3) is 0.929. The topological polar surface area (TPSA) is 44.8 Å². The molecule has 1 aliphatic rings. The van der Waals surface area contributed by atoms with E-state index < -0.39 is 0 Å². The SMILES string of the molecule is CCCCCCOCCOCCOC(=O)C1CC1. The fourth-order valence-electron chi connectivity index (χ4n) is 1.59. The molecule has 1 aliphatic carbocycles. The molecule has 0 radical (unpaired) electrons. The Morgan fingerprint density at radius 3 is 2.28 bits per heavy atom. The van der Waals surface area contributed by atoms with E-state index >= 15 is 0 Å². The van der Waals surface area contributed by atoms with Gasteiger partial charge in [-0.3, -0.25) is 4.79 Å². The van der Waals surface area contributed by atoms with Gasteiger partial charge in [0.05, 0.1) is 25.7 Å². The minimum Gasteiger partial charge on any atom is -0.463 e. The predicted molar refractivity (Wildman–Crippen MR) is 69.5 cm³/mol. The molecule has 1 rings (SSSR count). The minimum atomic E-state index is -0.0641. The van der Waals surface area contributed by atoms with Crippen LogP contribution in [0.5, 0.6) is 0 Å². The first-order chi connectivity index (χ1) is 8.84. The molecule has 0 atom stereocenters. The number of unbranched alkanes of at least 4 members (excludes halogenated alkanes) is 3. The van der Waals surface area contributed by atoms with Crippen LogP contribution in [0.3, 0.4) is 0 Å². The molecule has 0 amide bonds. The van der Waals surface area contributed by atoms with Crippen LogP contribution in [0.2, 0.25) is 0 Å². The summed E-state index contributed by atoms with van der Waals surface area (Å²) in [6.45, 7) is 5.06. The molecule has 0 N–H and O–H groups in total. The summed E-state index contributed by atoms with van der Waals surface area (Å²) < 4.78 is 15.8. The average Bonchev–Trinajstić information content (AvgIpc) is 3.20. The number of ether oxygens (including phenoxy) is 3. The summed E-state index contributed by atoms with van der Waals surface area (Å²) in [6, 6.07) is 0. The van der Waals surface area contributed by atoms with Crippen LogP contribution in [0.25, 0.3) is 0 Å². The number of hydrogen-bond acceptors (Lipinski definition) is 4. The quantitative estimate of drug-likeness (QED) is 0.398. The molecule has 4 nitrogen and oxygen atoms in total. The lowest BCUT2D eigenvalue weighted by Gasteiger charge is -2.06. The number of rotatable bonds is 12. The summed E-state index contributed by atoms with van der Waals surface area (Å²) in [4.78, 5) is 11.2. The van der Waals surface area contributed by atoms with Crippen LogP contribution >= 0.6 is 0 Å². The molecule has 0 unspecified atom stereocenters. The van der Waals surface area contributed by atoms with E-state index in [0.717, 1.165) is 25.9 Å². The molecule has 0 aromatic rings. The molecule has 0 aromatic carbocycles. The highest BCUT2D eigenvalue weighted by Crippen LogP contribution is 2.29. The molecule has 106 valence electrons. The molecule has 18 heavy (non-hydrogen) atoms. The number of hydrogen-bond donors (Lipinski definition) is 0. The number of esters is 1. The van der Waals surface area contributed by atoms with Gasteiger partial charge in [-0.1, -0.05) is 26.2 Å². The molecular formula is C14H26O4. The van der Waals surface area contributed by atoms with E-state index in [4.69, 9.17) is 14.2 Å². The average molecular weight is 258 g/mol. The van der Waals surface area contributed by atoms with Gasteiger partial charge in [-0.2, -0.15) is 0 Å². The highest BCUT2D eigenvalue weighted by atomic mass is 16.6. The Morgan fingerprint density at radius 2 is 1.61 bits per heavy atom. The highest BCUT2D eigenvalue weighted by molar-refractivity contribution is 5.74. The van der Waals surface area contributed by atoms with Crippen molar-refractivity contribution in [2.24, 2.45) is 5.92 Å². The maximum atomic E-state index is 11.2. The van der Waals surface area contributed by atoms with E-state index in [1.54, 1.807) is 0 Å². The first-order valence-electron chi connectivity index (χ1n) is 7.16. The Labute approximate surface area is 110 Å². The molecule has 0 aliphatic heterocycles. The van der Waals surface area contributed by atoms with Gasteiger partial charge in [0.2, 0.25) is 0 Å². The first-order valence-corrected chi connectivity index (χ1v) is 7.16. The molecule has 1 saturated carbocycles. The molecule has 1 fully saturated rings. The third-order valence-electron chi connectivity index (χ3n) is 2.90. The Morgan fingerprint density at radius 1 is 0.944 bits per heavy atom. The van der Waals surface area contributed by atoms with Gasteiger partial charge in [0.1, 0.15) is 6.61 Å². The molecule has 0 spiro atoms. The van der Waals surface area contributed by atoms with Gasteiger partial charge >= 0.3 is 5.97 Å². The van der Waals surface area contributed by atoms with E-state index in [1.807, 2.05) is 0 Å². The monoisotopic (exact) mass is 258 g/mol. The van der Waals surface area contributed by atoms with Crippen molar-refractivity contribution in [2.45, 2.75) is 45.4 Å². The lowest BCUT2D eigenvalue weighted by molar-refractivity contribution is -0.146. The highest BCUT2D eigenvalue weighted by Gasteiger charge is 2.30. The molecule has 4 heteroatoms. The van der Waals surface area contributed by atoms with Crippen molar-refractivity contribution >= 4 is 5.97 Å². The zero-order chi connectivity index (χ0) is 13.1. The van der Waals surface area contributed by atoms with Crippen molar-refractivity contribution in [3.63, 3.8) is 0 Å². The van der Waals surface area contributed by atoms with Gasteiger partial charge in [-0.15, -0.1) is 0 Å². The third-order valence-corrected chi connectivity index (χ3v) is 2.90. The van der Waals surface area contributed by atoms with Crippen molar-refractivity contribution < 1.29 is 19.0 Å². The van der Waals surface area contributed by atoms with Crippen LogP contribution in [0, 0.1) is 5.92 Å². The van der Waals surface area contributed by atoms with Gasteiger partial charge in [-0.25, -0.2) is 0 Å². The maximum Gasteiger partial charge on any atom is 0.309 e. The van der Waals surface area contributed by atoms with Crippen molar-refractivity contribution in [2.75, 3.05) is 33.0 Å². The van der Waals surface area contributed by atoms with E-state index in [2.05, 4.69) is 6.92 Å². The smallest absolute Gasteiger partial charge is 0.309 e. The van der Waals surface area contributed by atoms with Gasteiger partial charge in [-0.05, 0) is 19.3 Å². The Balaban J connectivity index is 1.69. The fourth-order valence-corrected chi connectivity index (χ4v) is 1.59. The van der Waals surface area contributed by atoms with Crippen LogP contribution in [-0.4, -0.2) is 39.0 Å². The summed E-state index contributed by atoms with van der Waals surface area (Å²) >= 11 is 0. The molecule has 0 heterocycles. The molecule has 0 bridgehead atoms. The molecule has 0 aromatic heterocycles. The van der Waals surface area contributed by atoms with Crippen LogP contribution in [0.1, 0.15) is 45.4 Å². The lowest BCUT2D eigenvalue weighted by atomic mass is 10.2. The second-order valence-corrected chi connectivity index (χ2v) is 4.73. The van der Waals surface area contributed by atoms with Gasteiger partial charge in [0, 0.05) is 6.61 Å². The summed E-state index contributed by atoms with van der Waals surface area (Å²) in [6.07, 6.45) is 6.90. The van der Waals surface area contributed by atoms with E-state index in [9.17, 15) is 4.79 Å². The summed E-state index contributed by atoms with van der Waals surface area (Å²) in [5, 5.41) is 0. The van der Waals surface area contributed by atoms with Crippen LogP contribution in [0.15, 0.2) is 0 Å². The minimum absolute atomic E-state index is 0.0641. The summed E-state index contributed by atoms with van der Waals surface area (Å²) in [5.41, 5.74) is 0. The van der Waals surface area contributed by atoms with Crippen LogP contribution in [0.4, 0.5) is 0 Å². The van der Waals surface area contributed by atoms with E-state index in [0.29, 0.717) is 26.4 Å². The zero-order valence-corrected chi connectivity index (χ0v) is 11.5. The van der Waals surface area contributed by atoms with Crippen molar-refractivity contribution in [3.05, 3.63) is 0 Å². The number of carbonyl (C=O) groups is 1. The van der Waals surface area contributed by atoms with Gasteiger partial charge in [0.15, 0.2) is 0 Å². The largest absolute Gasteiger partial charge is 0.463 e. The molecule has 0 saturated heterocycles. The van der Waals surface area contributed by atoms with Crippen molar-refractivity contribution in [1.82, 2.24) is 0 Å². The third kappa shape index (κ3) is 8.48. The summed E-state index contributed by atoms with van der Waals surface area (Å²) in [7, 11) is 0. The molecular weight excluding hydrogens is 232 g/mol. The second kappa shape index (κ2) is 10.3. The Bertz CT molecular complexity index is 214. The van der Waals surface area contributed by atoms with Crippen molar-refractivity contribution in [1.29, 1.82) is 0 Å². The standard InChI is InChI=1S/C14H26O4/c1-2-3-4-5-8-16-9-10-17-11-12-18-14(15)13-6-7-13/h13H,2-12H2,1H3. The lowest BCUT2D eigenvalue weighted by Crippen LogP contribution is -2.13. The zero-order valence-electron chi connectivity index (χ0n) is 11.5. The van der Waals surface area contributed by atoms with Crippen LogP contribution < -0.4 is 0 Å². The Kier molecular flexibility index (Phi) is 8.86. The van der Waals surface area contributed by atoms with Gasteiger partial charge < -0.3 is 14.2 Å². The van der Waals surface area contributed by atoms with Gasteiger partial charge in [0.25, 0.3) is 0 Å². The predicted octanol–water partition coefficient (Wildman–Crippen LogP) is 2.55. The maximum absolute atomic E-state index is 11.2. The normalized spacial score (nSPS) is 14.7. The first kappa shape index (κ1) is 15.4. The van der Waals surface area contributed by atoms with E-state index in [-0.39, 0.29) is 11.9 Å². The number of carbonyl (C=O) groups excluding carboxylic acids is 1. The summed E-state index contributed by atoms with van der Waals surface area (Å²) in [5.74, 6) is 0.113. The van der Waals surface area contributed by atoms with Crippen molar-refractivity contribution in [3.8, 4) is 0 Å². The Hall–Kier alpha value is -0.610.